The molecule has 0 radical (unpaired) electrons. The van der Waals surface area contributed by atoms with Gasteiger partial charge in [-0.25, -0.2) is 9.97 Å². The SMILES string of the molecule is CC(=O)Nc1ccc(C(=O)N2CCN3Cc4nc(c5ccccc5n4)N[C@@H](C(C)C)C(=O)NC3C2)cc1. The van der Waals surface area contributed by atoms with Crippen LogP contribution >= 0.6 is 0 Å². The molecule has 5 rings (SSSR count). The number of amides is 3. The molecule has 10 heteroatoms. The fourth-order valence-corrected chi connectivity index (χ4v) is 4.84. The predicted octanol–water partition coefficient (Wildman–Crippen LogP) is 2.44. The van der Waals surface area contributed by atoms with E-state index in [0.717, 1.165) is 10.9 Å². The molecule has 10 nitrogen and oxygen atoms in total. The summed E-state index contributed by atoms with van der Waals surface area (Å²) < 4.78 is 0. The smallest absolute Gasteiger partial charge is 0.254 e. The van der Waals surface area contributed by atoms with E-state index in [1.807, 2.05) is 38.1 Å². The van der Waals surface area contributed by atoms with Gasteiger partial charge in [0.2, 0.25) is 11.8 Å². The highest BCUT2D eigenvalue weighted by atomic mass is 16.2. The number of rotatable bonds is 3. The van der Waals surface area contributed by atoms with Crippen LogP contribution in [0, 0.1) is 5.92 Å². The molecule has 0 saturated carbocycles. The van der Waals surface area contributed by atoms with Crippen LogP contribution in [0.5, 0.6) is 0 Å². The highest BCUT2D eigenvalue weighted by molar-refractivity contribution is 5.96. The minimum absolute atomic E-state index is 0.00788. The van der Waals surface area contributed by atoms with E-state index >= 15 is 0 Å². The van der Waals surface area contributed by atoms with Crippen LogP contribution in [0.15, 0.2) is 48.5 Å². The molecular formula is C27H31N7O3. The van der Waals surface area contributed by atoms with Gasteiger partial charge in [-0.05, 0) is 42.3 Å². The Morgan fingerprint density at radius 3 is 2.51 bits per heavy atom. The third-order valence-corrected chi connectivity index (χ3v) is 6.77. The Bertz CT molecular complexity index is 1340. The number of benzene rings is 2. The van der Waals surface area contributed by atoms with E-state index in [9.17, 15) is 14.4 Å². The molecule has 1 unspecified atom stereocenters. The first-order valence-electron chi connectivity index (χ1n) is 12.5. The van der Waals surface area contributed by atoms with Crippen molar-refractivity contribution in [3.05, 3.63) is 59.9 Å². The van der Waals surface area contributed by atoms with Gasteiger partial charge in [0.1, 0.15) is 23.8 Å². The number of hydrogen-bond donors (Lipinski definition) is 3. The quantitative estimate of drug-likeness (QED) is 0.504. The molecule has 3 N–H and O–H groups in total. The maximum atomic E-state index is 13.5. The molecule has 0 aliphatic carbocycles. The van der Waals surface area contributed by atoms with Crippen LogP contribution in [0.25, 0.3) is 10.9 Å². The van der Waals surface area contributed by atoms with Crippen LogP contribution in [-0.2, 0) is 16.1 Å². The molecular weight excluding hydrogens is 470 g/mol. The van der Waals surface area contributed by atoms with Crippen molar-refractivity contribution in [1.82, 2.24) is 25.1 Å². The Hall–Kier alpha value is -4.05. The summed E-state index contributed by atoms with van der Waals surface area (Å²) in [6, 6.07) is 14.1. The van der Waals surface area contributed by atoms with Gasteiger partial charge in [-0.2, -0.15) is 0 Å². The summed E-state index contributed by atoms with van der Waals surface area (Å²) in [5, 5.41) is 10.1. The van der Waals surface area contributed by atoms with Crippen molar-refractivity contribution in [1.29, 1.82) is 0 Å². The van der Waals surface area contributed by atoms with Gasteiger partial charge in [0.25, 0.3) is 5.91 Å². The number of para-hydroxylation sites is 1. The van der Waals surface area contributed by atoms with Gasteiger partial charge in [-0.3, -0.25) is 19.3 Å². The van der Waals surface area contributed by atoms with E-state index in [-0.39, 0.29) is 29.8 Å². The summed E-state index contributed by atoms with van der Waals surface area (Å²) in [7, 11) is 0. The van der Waals surface area contributed by atoms with Crippen molar-refractivity contribution in [3.8, 4) is 0 Å². The minimum Gasteiger partial charge on any atom is -0.358 e. The number of piperazine rings is 1. The topological polar surface area (TPSA) is 120 Å². The predicted molar refractivity (Wildman–Crippen MR) is 141 cm³/mol. The van der Waals surface area contributed by atoms with E-state index in [1.165, 1.54) is 6.92 Å². The van der Waals surface area contributed by atoms with Crippen LogP contribution < -0.4 is 16.0 Å². The highest BCUT2D eigenvalue weighted by Crippen LogP contribution is 2.25. The summed E-state index contributed by atoms with van der Waals surface area (Å²) in [5.74, 6) is 0.906. The molecule has 2 bridgehead atoms. The van der Waals surface area contributed by atoms with Gasteiger partial charge in [0.05, 0.1) is 18.6 Å². The number of anilines is 2. The number of nitrogens with zero attached hydrogens (tertiary/aromatic N) is 4. The molecule has 1 aromatic heterocycles. The Morgan fingerprint density at radius 2 is 1.78 bits per heavy atom. The summed E-state index contributed by atoms with van der Waals surface area (Å²) in [6.07, 6.45) is -0.386. The second kappa shape index (κ2) is 10.1. The molecule has 192 valence electrons. The second-order valence-electron chi connectivity index (χ2n) is 9.88. The summed E-state index contributed by atoms with van der Waals surface area (Å²) in [6.45, 7) is 7.28. The van der Waals surface area contributed by atoms with Crippen molar-refractivity contribution in [2.24, 2.45) is 5.92 Å². The van der Waals surface area contributed by atoms with Gasteiger partial charge in [0.15, 0.2) is 0 Å². The Kier molecular flexibility index (Phi) is 6.75. The Morgan fingerprint density at radius 1 is 1.03 bits per heavy atom. The molecule has 37 heavy (non-hydrogen) atoms. The first kappa shape index (κ1) is 24.6. The number of nitrogens with one attached hydrogen (secondary N) is 3. The van der Waals surface area contributed by atoms with Crippen LogP contribution in [-0.4, -0.2) is 69.3 Å². The molecule has 3 aromatic rings. The van der Waals surface area contributed by atoms with Crippen molar-refractivity contribution >= 4 is 40.1 Å². The number of carbonyl (C=O) groups is 3. The van der Waals surface area contributed by atoms with Crippen molar-refractivity contribution < 1.29 is 14.4 Å². The number of fused-ring (bicyclic) bond motifs is 5. The molecule has 2 aromatic carbocycles. The van der Waals surface area contributed by atoms with Gasteiger partial charge in [-0.1, -0.05) is 26.0 Å². The molecule has 2 atom stereocenters. The lowest BCUT2D eigenvalue weighted by atomic mass is 10.0. The first-order valence-corrected chi connectivity index (χ1v) is 12.5. The molecule has 1 saturated heterocycles. The van der Waals surface area contributed by atoms with Crippen LogP contribution in [0.3, 0.4) is 0 Å². The standard InChI is InChI=1S/C27H31N7O3/c1-16(2)24-26(36)31-23-15-34(27(37)18-8-10-19(11-9-18)28-17(3)35)13-12-33(23)14-22-29-21-7-5-4-6-20(21)25(30-22)32-24/h4-11,16,23-24H,12-15H2,1-3H3,(H,28,35)(H,31,36)(H,29,30,32)/t23?,24-/m0/s1. The highest BCUT2D eigenvalue weighted by Gasteiger charge is 2.35. The summed E-state index contributed by atoms with van der Waals surface area (Å²) >= 11 is 0. The lowest BCUT2D eigenvalue weighted by molar-refractivity contribution is -0.125. The monoisotopic (exact) mass is 501 g/mol. The summed E-state index contributed by atoms with van der Waals surface area (Å²) in [5.41, 5.74) is 1.99. The van der Waals surface area contributed by atoms with Crippen molar-refractivity contribution in [2.45, 2.75) is 39.5 Å². The summed E-state index contributed by atoms with van der Waals surface area (Å²) in [4.78, 5) is 51.5. The molecule has 2 aliphatic heterocycles. The van der Waals surface area contributed by atoms with E-state index in [0.29, 0.717) is 49.1 Å². The lowest BCUT2D eigenvalue weighted by Gasteiger charge is -2.42. The second-order valence-corrected chi connectivity index (χ2v) is 9.88. The molecule has 3 heterocycles. The van der Waals surface area contributed by atoms with E-state index < -0.39 is 6.04 Å². The van der Waals surface area contributed by atoms with E-state index in [2.05, 4.69) is 20.9 Å². The zero-order valence-corrected chi connectivity index (χ0v) is 21.2. The first-order chi connectivity index (χ1) is 17.8. The van der Waals surface area contributed by atoms with Crippen molar-refractivity contribution in [3.63, 3.8) is 0 Å². The fraction of sp³-hybridized carbons (Fsp3) is 0.370. The van der Waals surface area contributed by atoms with Crippen molar-refractivity contribution in [2.75, 3.05) is 30.3 Å². The molecule has 1 fully saturated rings. The third-order valence-electron chi connectivity index (χ3n) is 6.77. The number of hydrogen-bond acceptors (Lipinski definition) is 7. The van der Waals surface area contributed by atoms with Gasteiger partial charge in [0, 0.05) is 36.7 Å². The Labute approximate surface area is 215 Å². The number of aromatic nitrogens is 2. The fourth-order valence-electron chi connectivity index (χ4n) is 4.84. The molecule has 2 aliphatic rings. The third kappa shape index (κ3) is 5.24. The van der Waals surface area contributed by atoms with Crippen LogP contribution in [0.2, 0.25) is 0 Å². The maximum Gasteiger partial charge on any atom is 0.254 e. The maximum absolute atomic E-state index is 13.5. The van der Waals surface area contributed by atoms with Gasteiger partial charge >= 0.3 is 0 Å². The van der Waals surface area contributed by atoms with Crippen LogP contribution in [0.1, 0.15) is 37.0 Å². The molecule has 0 spiro atoms. The van der Waals surface area contributed by atoms with E-state index in [1.54, 1.807) is 29.2 Å². The van der Waals surface area contributed by atoms with Gasteiger partial charge < -0.3 is 20.9 Å². The average Bonchev–Trinajstić information content (AvgIpc) is 2.87. The van der Waals surface area contributed by atoms with Crippen LogP contribution in [0.4, 0.5) is 11.5 Å². The van der Waals surface area contributed by atoms with Gasteiger partial charge in [-0.15, -0.1) is 0 Å². The average molecular weight is 502 g/mol. The van der Waals surface area contributed by atoms with E-state index in [4.69, 9.17) is 9.97 Å². The number of carbonyl (C=O) groups excluding carboxylic acids is 3. The zero-order valence-electron chi connectivity index (χ0n) is 21.2. The zero-order chi connectivity index (χ0) is 26.1. The minimum atomic E-state index is -0.501. The normalized spacial score (nSPS) is 20.1. The molecule has 3 amide bonds. The lowest BCUT2D eigenvalue weighted by Crippen LogP contribution is -2.63. The largest absolute Gasteiger partial charge is 0.358 e. The Balaban J connectivity index is 1.41.